The Morgan fingerprint density at radius 3 is 2.65 bits per heavy atom. The number of hydrogen-bond acceptors (Lipinski definition) is 2. The maximum Gasteiger partial charge on any atom is 0.136 e. The minimum absolute atomic E-state index is 0.377. The number of fused-ring (bicyclic) bond motifs is 5. The highest BCUT2D eigenvalue weighted by molar-refractivity contribution is 5.82. The molecule has 0 aromatic carbocycles. The first-order chi connectivity index (χ1) is 11.0. The molecule has 0 bridgehead atoms. The van der Waals surface area contributed by atoms with Gasteiger partial charge in [-0.2, -0.15) is 0 Å². The molecule has 0 aliphatic heterocycles. The molecule has 0 aromatic heterocycles. The van der Waals surface area contributed by atoms with Gasteiger partial charge in [-0.15, -0.1) is 0 Å². The van der Waals surface area contributed by atoms with Crippen LogP contribution in [0.3, 0.4) is 0 Å². The number of carbonyl (C=O) groups is 1. The van der Waals surface area contributed by atoms with Crippen molar-refractivity contribution in [2.45, 2.75) is 83.7 Å². The quantitative estimate of drug-likeness (QED) is 0.709. The molecule has 0 spiro atoms. The van der Waals surface area contributed by atoms with Crippen LogP contribution >= 0.6 is 0 Å². The Hall–Kier alpha value is -0.370. The second-order valence-corrected chi connectivity index (χ2v) is 9.68. The van der Waals surface area contributed by atoms with E-state index in [2.05, 4.69) is 6.92 Å². The molecule has 4 aliphatic carbocycles. The van der Waals surface area contributed by atoms with Gasteiger partial charge in [0.15, 0.2) is 0 Å². The SMILES string of the molecule is C[C@H]1C[C@H]2[C@@H](CC[C@@H]3C[C@](C)(O)CC[C@@H]32)[C@@H]2CCCCC(=O)[C@H]21. The summed E-state index contributed by atoms with van der Waals surface area (Å²) in [6.07, 6.45) is 11.7. The average molecular weight is 319 g/mol. The lowest BCUT2D eigenvalue weighted by Gasteiger charge is -2.56. The normalized spacial score (nSPS) is 53.7. The van der Waals surface area contributed by atoms with Crippen molar-refractivity contribution in [2.24, 2.45) is 41.4 Å². The lowest BCUT2D eigenvalue weighted by atomic mass is 9.49. The lowest BCUT2D eigenvalue weighted by molar-refractivity contribution is -0.135. The van der Waals surface area contributed by atoms with Crippen LogP contribution in [0.25, 0.3) is 0 Å². The van der Waals surface area contributed by atoms with Crippen molar-refractivity contribution in [3.63, 3.8) is 0 Å². The summed E-state index contributed by atoms with van der Waals surface area (Å²) < 4.78 is 0. The number of hydrogen-bond donors (Lipinski definition) is 1. The highest BCUT2D eigenvalue weighted by Gasteiger charge is 2.53. The standard InChI is InChI=1S/C21H34O2/c1-13-11-18-15-9-10-21(2,23)12-14(15)7-8-16(18)17-5-3-4-6-19(22)20(13)17/h13-18,20,23H,3-12H2,1-2H3/t13-,14+,15-,16-,17-,18+,20-,21+/m0/s1. The van der Waals surface area contributed by atoms with Gasteiger partial charge in [-0.25, -0.2) is 0 Å². The minimum Gasteiger partial charge on any atom is -0.390 e. The predicted octanol–water partition coefficient (Wildman–Crippen LogP) is 4.60. The Labute approximate surface area is 141 Å². The van der Waals surface area contributed by atoms with E-state index in [1.54, 1.807) is 0 Å². The van der Waals surface area contributed by atoms with Crippen LogP contribution in [0.2, 0.25) is 0 Å². The topological polar surface area (TPSA) is 37.3 Å². The molecule has 0 saturated heterocycles. The van der Waals surface area contributed by atoms with Crippen LogP contribution in [0.4, 0.5) is 0 Å². The van der Waals surface area contributed by atoms with Gasteiger partial charge in [0, 0.05) is 12.3 Å². The summed E-state index contributed by atoms with van der Waals surface area (Å²) in [7, 11) is 0. The van der Waals surface area contributed by atoms with Crippen LogP contribution in [0, 0.1) is 41.4 Å². The summed E-state index contributed by atoms with van der Waals surface area (Å²) in [6, 6.07) is 0. The number of rotatable bonds is 0. The van der Waals surface area contributed by atoms with E-state index in [1.165, 1.54) is 38.5 Å². The lowest BCUT2D eigenvalue weighted by Crippen LogP contribution is -2.51. The monoisotopic (exact) mass is 318 g/mol. The fraction of sp³-hybridized carbons (Fsp3) is 0.952. The third-order valence-electron chi connectivity index (χ3n) is 8.14. The fourth-order valence-electron chi connectivity index (χ4n) is 7.29. The summed E-state index contributed by atoms with van der Waals surface area (Å²) in [5, 5.41) is 10.5. The smallest absolute Gasteiger partial charge is 0.136 e. The van der Waals surface area contributed by atoms with Gasteiger partial charge >= 0.3 is 0 Å². The van der Waals surface area contributed by atoms with Gasteiger partial charge in [0.1, 0.15) is 5.78 Å². The van der Waals surface area contributed by atoms with Crippen molar-refractivity contribution in [3.8, 4) is 0 Å². The van der Waals surface area contributed by atoms with Crippen molar-refractivity contribution in [3.05, 3.63) is 0 Å². The van der Waals surface area contributed by atoms with E-state index in [9.17, 15) is 9.90 Å². The first kappa shape index (κ1) is 16.1. The van der Waals surface area contributed by atoms with Crippen LogP contribution in [0.1, 0.15) is 78.1 Å². The van der Waals surface area contributed by atoms with Crippen LogP contribution in [0.15, 0.2) is 0 Å². The molecule has 4 saturated carbocycles. The summed E-state index contributed by atoms with van der Waals surface area (Å²) in [4.78, 5) is 12.7. The number of ketones is 1. The first-order valence-electron chi connectivity index (χ1n) is 10.2. The Bertz CT molecular complexity index is 468. The molecule has 1 N–H and O–H groups in total. The number of carbonyl (C=O) groups excluding carboxylic acids is 1. The van der Waals surface area contributed by atoms with Crippen LogP contribution in [-0.2, 0) is 4.79 Å². The first-order valence-corrected chi connectivity index (χ1v) is 10.2. The molecule has 2 heteroatoms. The summed E-state index contributed by atoms with van der Waals surface area (Å²) in [5.41, 5.74) is -0.422. The molecule has 0 amide bonds. The second kappa shape index (κ2) is 5.86. The van der Waals surface area contributed by atoms with Crippen LogP contribution < -0.4 is 0 Å². The van der Waals surface area contributed by atoms with E-state index in [-0.39, 0.29) is 0 Å². The third kappa shape index (κ3) is 2.79. The van der Waals surface area contributed by atoms with E-state index < -0.39 is 5.60 Å². The van der Waals surface area contributed by atoms with E-state index in [4.69, 9.17) is 0 Å². The zero-order valence-corrected chi connectivity index (χ0v) is 15.0. The molecule has 2 nitrogen and oxygen atoms in total. The van der Waals surface area contributed by atoms with Gasteiger partial charge in [0.2, 0.25) is 0 Å². The van der Waals surface area contributed by atoms with Gasteiger partial charge in [-0.05, 0) is 93.8 Å². The molecular weight excluding hydrogens is 284 g/mol. The van der Waals surface area contributed by atoms with Gasteiger partial charge in [0.25, 0.3) is 0 Å². The van der Waals surface area contributed by atoms with Crippen LogP contribution in [-0.4, -0.2) is 16.5 Å². The van der Waals surface area contributed by atoms with E-state index >= 15 is 0 Å². The Balaban J connectivity index is 1.58. The Kier molecular flexibility index (Phi) is 4.11. The van der Waals surface area contributed by atoms with Gasteiger partial charge in [-0.3, -0.25) is 4.79 Å². The van der Waals surface area contributed by atoms with Crippen molar-refractivity contribution < 1.29 is 9.90 Å². The minimum atomic E-state index is -0.422. The van der Waals surface area contributed by atoms with Gasteiger partial charge in [0.05, 0.1) is 5.60 Å². The Morgan fingerprint density at radius 1 is 1.00 bits per heavy atom. The van der Waals surface area contributed by atoms with Crippen molar-refractivity contribution in [2.75, 3.05) is 0 Å². The number of Topliss-reactive ketones (excluding diaryl/α,β-unsaturated/α-hetero) is 1. The van der Waals surface area contributed by atoms with E-state index in [0.29, 0.717) is 23.5 Å². The van der Waals surface area contributed by atoms with Gasteiger partial charge in [-0.1, -0.05) is 13.3 Å². The molecule has 23 heavy (non-hydrogen) atoms. The maximum atomic E-state index is 12.7. The van der Waals surface area contributed by atoms with E-state index in [0.717, 1.165) is 49.4 Å². The maximum absolute atomic E-state index is 12.7. The summed E-state index contributed by atoms with van der Waals surface area (Å²) in [6.45, 7) is 4.40. The molecule has 0 radical (unpaired) electrons. The molecule has 8 atom stereocenters. The Morgan fingerprint density at radius 2 is 1.83 bits per heavy atom. The molecule has 0 unspecified atom stereocenters. The molecule has 130 valence electrons. The summed E-state index contributed by atoms with van der Waals surface area (Å²) in [5.74, 6) is 5.46. The fourth-order valence-corrected chi connectivity index (χ4v) is 7.29. The molecule has 0 aromatic rings. The second-order valence-electron chi connectivity index (χ2n) is 9.68. The van der Waals surface area contributed by atoms with Crippen LogP contribution in [0.5, 0.6) is 0 Å². The molecule has 4 aliphatic rings. The molecule has 0 heterocycles. The van der Waals surface area contributed by atoms with Crippen molar-refractivity contribution in [1.82, 2.24) is 0 Å². The predicted molar refractivity (Wildman–Crippen MR) is 91.9 cm³/mol. The van der Waals surface area contributed by atoms with Gasteiger partial charge < -0.3 is 5.11 Å². The third-order valence-corrected chi connectivity index (χ3v) is 8.14. The average Bonchev–Trinajstić information content (AvgIpc) is 2.68. The zero-order valence-electron chi connectivity index (χ0n) is 15.0. The van der Waals surface area contributed by atoms with E-state index in [1.807, 2.05) is 6.92 Å². The highest BCUT2D eigenvalue weighted by Crippen LogP contribution is 2.58. The summed E-state index contributed by atoms with van der Waals surface area (Å²) >= 11 is 0. The molecular formula is C21H34O2. The molecule has 4 fully saturated rings. The highest BCUT2D eigenvalue weighted by atomic mass is 16.3. The van der Waals surface area contributed by atoms with Crippen molar-refractivity contribution in [1.29, 1.82) is 0 Å². The largest absolute Gasteiger partial charge is 0.390 e. The van der Waals surface area contributed by atoms with Crippen molar-refractivity contribution >= 4 is 5.78 Å². The number of aliphatic hydroxyl groups is 1. The zero-order chi connectivity index (χ0) is 16.2. The molecule has 4 rings (SSSR count).